The van der Waals surface area contributed by atoms with Gasteiger partial charge in [0.15, 0.2) is 0 Å². The molecule has 1 amide bonds. The van der Waals surface area contributed by atoms with Crippen molar-refractivity contribution in [2.24, 2.45) is 0 Å². The quantitative estimate of drug-likeness (QED) is 0.501. The summed E-state index contributed by atoms with van der Waals surface area (Å²) in [5, 5.41) is 4.08. The van der Waals surface area contributed by atoms with Gasteiger partial charge in [-0.15, -0.1) is 22.7 Å². The van der Waals surface area contributed by atoms with Gasteiger partial charge < -0.3 is 4.90 Å². The topological polar surface area (TPSA) is 69.7 Å². The second kappa shape index (κ2) is 10.7. The Balaban J connectivity index is 1.26. The molecule has 0 aliphatic carbocycles. The highest BCUT2D eigenvalue weighted by atomic mass is 32.2. The first-order valence-corrected chi connectivity index (χ1v) is 13.9. The molecule has 170 valence electrons. The van der Waals surface area contributed by atoms with E-state index in [2.05, 4.69) is 27.1 Å². The van der Waals surface area contributed by atoms with Crippen molar-refractivity contribution < 1.29 is 13.2 Å². The van der Waals surface area contributed by atoms with Crippen LogP contribution in [0.1, 0.15) is 20.1 Å². The van der Waals surface area contributed by atoms with E-state index in [1.165, 1.54) is 17.0 Å². The predicted molar refractivity (Wildman–Crippen MR) is 130 cm³/mol. The number of nitrogens with zero attached hydrogens (tertiary/aromatic N) is 2. The summed E-state index contributed by atoms with van der Waals surface area (Å²) in [5.41, 5.74) is 0.523. The van der Waals surface area contributed by atoms with Crippen molar-refractivity contribution in [2.45, 2.75) is 17.7 Å². The van der Waals surface area contributed by atoms with Gasteiger partial charge in [0.1, 0.15) is 0 Å². The van der Waals surface area contributed by atoms with Crippen LogP contribution >= 0.6 is 22.7 Å². The molecular weight excluding hydrogens is 462 g/mol. The zero-order chi connectivity index (χ0) is 22.4. The SMILES string of the molecule is O=C(c1ccc(S(=O)(=O)NCCc2cccs2)cc1)N1CCN(CCc2cccs2)CC1. The van der Waals surface area contributed by atoms with Crippen LogP contribution in [0.2, 0.25) is 0 Å². The zero-order valence-electron chi connectivity index (χ0n) is 17.8. The number of sulfonamides is 1. The Morgan fingerprint density at radius 1 is 0.875 bits per heavy atom. The van der Waals surface area contributed by atoms with Crippen molar-refractivity contribution in [3.05, 3.63) is 74.6 Å². The summed E-state index contributed by atoms with van der Waals surface area (Å²) in [6, 6.07) is 14.4. The van der Waals surface area contributed by atoms with Gasteiger partial charge in [0.25, 0.3) is 5.91 Å². The third kappa shape index (κ3) is 6.05. The van der Waals surface area contributed by atoms with E-state index in [-0.39, 0.29) is 10.8 Å². The van der Waals surface area contributed by atoms with Crippen LogP contribution in [-0.4, -0.2) is 63.4 Å². The standard InChI is InChI=1S/C23H27N3O3S3/c27-23(26-15-13-25(14-16-26)12-10-21-4-2-18-31-21)19-5-7-22(8-6-19)32(28,29)24-11-9-20-3-1-17-30-20/h1-8,17-18,24H,9-16H2. The van der Waals surface area contributed by atoms with Crippen LogP contribution in [0, 0.1) is 0 Å². The Labute approximate surface area is 197 Å². The number of hydrogen-bond acceptors (Lipinski definition) is 6. The van der Waals surface area contributed by atoms with Crippen LogP contribution in [0.3, 0.4) is 0 Å². The molecule has 0 spiro atoms. The van der Waals surface area contributed by atoms with Gasteiger partial charge in [0, 0.05) is 54.6 Å². The number of rotatable bonds is 9. The van der Waals surface area contributed by atoms with Crippen LogP contribution in [0.25, 0.3) is 0 Å². The molecule has 9 heteroatoms. The summed E-state index contributed by atoms with van der Waals surface area (Å²) in [6.07, 6.45) is 1.70. The second-order valence-corrected chi connectivity index (χ2v) is 11.5. The third-order valence-electron chi connectivity index (χ3n) is 5.57. The number of nitrogens with one attached hydrogen (secondary N) is 1. The molecule has 1 fully saturated rings. The van der Waals surface area contributed by atoms with Gasteiger partial charge in [-0.3, -0.25) is 9.69 Å². The average Bonchev–Trinajstić information content (AvgIpc) is 3.52. The lowest BCUT2D eigenvalue weighted by molar-refractivity contribution is 0.0638. The van der Waals surface area contributed by atoms with Crippen molar-refractivity contribution in [3.8, 4) is 0 Å². The van der Waals surface area contributed by atoms with E-state index in [0.29, 0.717) is 31.6 Å². The number of hydrogen-bond donors (Lipinski definition) is 1. The van der Waals surface area contributed by atoms with E-state index in [1.54, 1.807) is 34.8 Å². The molecule has 0 bridgehead atoms. The molecule has 1 aliphatic rings. The van der Waals surface area contributed by atoms with E-state index in [0.717, 1.165) is 30.9 Å². The van der Waals surface area contributed by atoms with E-state index in [9.17, 15) is 13.2 Å². The Morgan fingerprint density at radius 3 is 2.09 bits per heavy atom. The highest BCUT2D eigenvalue weighted by molar-refractivity contribution is 7.89. The zero-order valence-corrected chi connectivity index (χ0v) is 20.2. The molecule has 1 saturated heterocycles. The van der Waals surface area contributed by atoms with E-state index < -0.39 is 10.0 Å². The summed E-state index contributed by atoms with van der Waals surface area (Å²) >= 11 is 3.39. The van der Waals surface area contributed by atoms with Gasteiger partial charge in [-0.25, -0.2) is 13.1 Å². The fourth-order valence-electron chi connectivity index (χ4n) is 3.70. The van der Waals surface area contributed by atoms with E-state index in [4.69, 9.17) is 0 Å². The van der Waals surface area contributed by atoms with E-state index in [1.807, 2.05) is 22.4 Å². The fraction of sp³-hybridized carbons (Fsp3) is 0.348. The molecule has 0 atom stereocenters. The largest absolute Gasteiger partial charge is 0.336 e. The molecular formula is C23H27N3O3S3. The maximum Gasteiger partial charge on any atom is 0.253 e. The Hall–Kier alpha value is -2.04. The van der Waals surface area contributed by atoms with Crippen molar-refractivity contribution in [1.82, 2.24) is 14.5 Å². The number of piperazine rings is 1. The molecule has 3 heterocycles. The monoisotopic (exact) mass is 489 g/mol. The van der Waals surface area contributed by atoms with Gasteiger partial charge in [-0.05, 0) is 60.0 Å². The molecule has 0 unspecified atom stereocenters. The Bertz CT molecular complexity index is 1090. The average molecular weight is 490 g/mol. The van der Waals surface area contributed by atoms with Crippen molar-refractivity contribution >= 4 is 38.6 Å². The van der Waals surface area contributed by atoms with E-state index >= 15 is 0 Å². The maximum atomic E-state index is 12.9. The number of amides is 1. The second-order valence-electron chi connectivity index (χ2n) is 7.71. The summed E-state index contributed by atoms with van der Waals surface area (Å²) in [6.45, 7) is 4.45. The minimum Gasteiger partial charge on any atom is -0.336 e. The highest BCUT2D eigenvalue weighted by Crippen LogP contribution is 2.15. The molecule has 1 aromatic carbocycles. The molecule has 2 aromatic heterocycles. The summed E-state index contributed by atoms with van der Waals surface area (Å²) in [4.78, 5) is 19.8. The summed E-state index contributed by atoms with van der Waals surface area (Å²) in [5.74, 6) is -0.0440. The number of thiophene rings is 2. The Kier molecular flexibility index (Phi) is 7.75. The first-order chi connectivity index (χ1) is 15.5. The van der Waals surface area contributed by atoms with Gasteiger partial charge in [0.2, 0.25) is 10.0 Å². The number of benzene rings is 1. The third-order valence-corrected chi connectivity index (χ3v) is 8.92. The lowest BCUT2D eigenvalue weighted by Crippen LogP contribution is -2.49. The van der Waals surface area contributed by atoms with Crippen LogP contribution in [0.15, 0.2) is 64.2 Å². The summed E-state index contributed by atoms with van der Waals surface area (Å²) in [7, 11) is -3.59. The van der Waals surface area contributed by atoms with Crippen molar-refractivity contribution in [2.75, 3.05) is 39.3 Å². The normalized spacial score (nSPS) is 15.2. The van der Waals surface area contributed by atoms with Crippen LogP contribution in [-0.2, 0) is 22.9 Å². The number of carbonyl (C=O) groups is 1. The highest BCUT2D eigenvalue weighted by Gasteiger charge is 2.22. The van der Waals surface area contributed by atoms with Gasteiger partial charge in [-0.2, -0.15) is 0 Å². The van der Waals surface area contributed by atoms with Crippen LogP contribution < -0.4 is 4.72 Å². The van der Waals surface area contributed by atoms with Gasteiger partial charge >= 0.3 is 0 Å². The summed E-state index contributed by atoms with van der Waals surface area (Å²) < 4.78 is 27.7. The van der Waals surface area contributed by atoms with Crippen LogP contribution in [0.4, 0.5) is 0 Å². The van der Waals surface area contributed by atoms with Crippen LogP contribution in [0.5, 0.6) is 0 Å². The first-order valence-electron chi connectivity index (χ1n) is 10.7. The molecule has 0 radical (unpaired) electrons. The van der Waals surface area contributed by atoms with Crippen molar-refractivity contribution in [1.29, 1.82) is 0 Å². The predicted octanol–water partition coefficient (Wildman–Crippen LogP) is 3.33. The minimum atomic E-state index is -3.59. The molecule has 4 rings (SSSR count). The molecule has 6 nitrogen and oxygen atoms in total. The maximum absolute atomic E-state index is 12.9. The lowest BCUT2D eigenvalue weighted by atomic mass is 10.2. The molecule has 3 aromatic rings. The molecule has 1 aliphatic heterocycles. The lowest BCUT2D eigenvalue weighted by Gasteiger charge is -2.34. The fourth-order valence-corrected chi connectivity index (χ4v) is 6.14. The molecule has 1 N–H and O–H groups in total. The molecule has 32 heavy (non-hydrogen) atoms. The smallest absolute Gasteiger partial charge is 0.253 e. The number of carbonyl (C=O) groups excluding carboxylic acids is 1. The minimum absolute atomic E-state index is 0.0440. The van der Waals surface area contributed by atoms with Crippen molar-refractivity contribution in [3.63, 3.8) is 0 Å². The Morgan fingerprint density at radius 2 is 1.50 bits per heavy atom. The van der Waals surface area contributed by atoms with Gasteiger partial charge in [-0.1, -0.05) is 12.1 Å². The van der Waals surface area contributed by atoms with Gasteiger partial charge in [0.05, 0.1) is 4.90 Å². The molecule has 0 saturated carbocycles. The first kappa shape index (κ1) is 23.1.